The van der Waals surface area contributed by atoms with Crippen molar-refractivity contribution in [2.24, 2.45) is 0 Å². The molecule has 5 rings (SSSR count). The number of pyridine rings is 2. The Hall–Kier alpha value is -4.44. The first-order valence-electron chi connectivity index (χ1n) is 11.2. The first kappa shape index (κ1) is 25.2. The van der Waals surface area contributed by atoms with E-state index in [-0.39, 0.29) is 22.1 Å². The number of benzene rings is 1. The zero-order chi connectivity index (χ0) is 27.2. The lowest BCUT2D eigenvalue weighted by Crippen LogP contribution is -2.55. The summed E-state index contributed by atoms with van der Waals surface area (Å²) < 4.78 is 55.7. The Bertz CT molecular complexity index is 1520. The predicted molar refractivity (Wildman–Crippen MR) is 132 cm³/mol. The number of halogens is 4. The second-order valence-electron chi connectivity index (χ2n) is 8.70. The summed E-state index contributed by atoms with van der Waals surface area (Å²) in [6.45, 7) is 0. The van der Waals surface area contributed by atoms with E-state index in [4.69, 9.17) is 17.5 Å². The smallest absolute Gasteiger partial charge is 0.320 e. The number of thiocarbonyl (C=S) groups is 1. The topological polar surface area (TPSA) is 102 Å². The molecule has 38 heavy (non-hydrogen) atoms. The van der Waals surface area contributed by atoms with Crippen molar-refractivity contribution in [3.05, 3.63) is 77.6 Å². The average Bonchev–Trinajstić information content (AvgIpc) is 3.10. The molecule has 2 amide bonds. The number of hydrogen-bond donors (Lipinski definition) is 1. The Morgan fingerprint density at radius 2 is 1.92 bits per heavy atom. The van der Waals surface area contributed by atoms with Gasteiger partial charge in [0.25, 0.3) is 11.8 Å². The van der Waals surface area contributed by atoms with Crippen molar-refractivity contribution in [1.29, 1.82) is 5.26 Å². The summed E-state index contributed by atoms with van der Waals surface area (Å²) in [5, 5.41) is 11.4. The number of aromatic nitrogens is 2. The molecule has 3 aromatic rings. The lowest BCUT2D eigenvalue weighted by molar-refractivity contribution is -0.138. The Balaban J connectivity index is 1.50. The highest BCUT2D eigenvalue weighted by molar-refractivity contribution is 7.81. The molecule has 2 fully saturated rings. The largest absolute Gasteiger partial charge is 0.419 e. The van der Waals surface area contributed by atoms with Gasteiger partial charge in [0.15, 0.2) is 10.8 Å². The summed E-state index contributed by atoms with van der Waals surface area (Å²) in [6.07, 6.45) is 0.318. The highest BCUT2D eigenvalue weighted by Crippen LogP contribution is 2.48. The van der Waals surface area contributed by atoms with Gasteiger partial charge in [0.05, 0.1) is 34.9 Å². The Morgan fingerprint density at radius 3 is 2.50 bits per heavy atom. The van der Waals surface area contributed by atoms with Crippen LogP contribution in [0.3, 0.4) is 0 Å². The third-order valence-electron chi connectivity index (χ3n) is 6.51. The van der Waals surface area contributed by atoms with Gasteiger partial charge in [-0.05, 0) is 67.9 Å². The summed E-state index contributed by atoms with van der Waals surface area (Å²) in [4.78, 5) is 35.9. The number of hydrogen-bond acceptors (Lipinski definition) is 6. The number of nitrogens with zero attached hydrogens (tertiary/aromatic N) is 5. The van der Waals surface area contributed by atoms with Gasteiger partial charge in [-0.15, -0.1) is 0 Å². The first-order chi connectivity index (χ1) is 18.1. The summed E-state index contributed by atoms with van der Waals surface area (Å²) in [5.74, 6) is -2.18. The van der Waals surface area contributed by atoms with Crippen LogP contribution in [-0.4, -0.2) is 32.4 Å². The van der Waals surface area contributed by atoms with E-state index in [9.17, 15) is 22.8 Å². The fourth-order valence-corrected chi connectivity index (χ4v) is 5.02. The molecular formula is C25H16F4N6O2S. The lowest BCUT2D eigenvalue weighted by atomic mass is 9.75. The monoisotopic (exact) mass is 540 g/mol. The van der Waals surface area contributed by atoms with Gasteiger partial charge < -0.3 is 10.2 Å². The van der Waals surface area contributed by atoms with Crippen LogP contribution in [0.5, 0.6) is 0 Å². The summed E-state index contributed by atoms with van der Waals surface area (Å²) in [6, 6.07) is 8.95. The maximum absolute atomic E-state index is 15.1. The Morgan fingerprint density at radius 1 is 1.16 bits per heavy atom. The highest BCUT2D eigenvalue weighted by atomic mass is 32.1. The number of carbonyl (C=O) groups is 2. The minimum Gasteiger partial charge on any atom is -0.320 e. The zero-order valence-electron chi connectivity index (χ0n) is 19.3. The summed E-state index contributed by atoms with van der Waals surface area (Å²) in [7, 11) is 0. The molecule has 0 unspecified atom stereocenters. The maximum atomic E-state index is 15.1. The van der Waals surface area contributed by atoms with E-state index in [2.05, 4.69) is 15.3 Å². The number of alkyl halides is 3. The molecule has 1 saturated heterocycles. The predicted octanol–water partition coefficient (Wildman–Crippen LogP) is 4.82. The van der Waals surface area contributed by atoms with Gasteiger partial charge in [-0.2, -0.15) is 18.4 Å². The van der Waals surface area contributed by atoms with Crippen molar-refractivity contribution >= 4 is 46.2 Å². The number of carbonyl (C=O) groups excluding carboxylic acids is 2. The number of nitriles is 1. The number of amides is 2. The number of anilines is 3. The van der Waals surface area contributed by atoms with Crippen molar-refractivity contribution in [1.82, 2.24) is 9.97 Å². The van der Waals surface area contributed by atoms with Crippen LogP contribution < -0.4 is 15.1 Å². The fraction of sp³-hybridized carbons (Fsp3) is 0.200. The number of nitrogens with one attached hydrogen (secondary N) is 1. The zero-order valence-corrected chi connectivity index (χ0v) is 20.1. The molecule has 0 bridgehead atoms. The van der Waals surface area contributed by atoms with E-state index in [1.807, 2.05) is 0 Å². The minimum atomic E-state index is -4.89. The van der Waals surface area contributed by atoms with Gasteiger partial charge >= 0.3 is 6.18 Å². The van der Waals surface area contributed by atoms with E-state index >= 15 is 4.39 Å². The molecule has 1 saturated carbocycles. The van der Waals surface area contributed by atoms with Crippen LogP contribution in [0.25, 0.3) is 0 Å². The van der Waals surface area contributed by atoms with Gasteiger partial charge in [-0.1, -0.05) is 0 Å². The van der Waals surface area contributed by atoms with Crippen LogP contribution in [0.4, 0.5) is 34.6 Å². The van der Waals surface area contributed by atoms with Crippen LogP contribution in [0.2, 0.25) is 0 Å². The summed E-state index contributed by atoms with van der Waals surface area (Å²) in [5.41, 5.74) is -3.34. The molecule has 13 heteroatoms. The van der Waals surface area contributed by atoms with Gasteiger partial charge in [0, 0.05) is 11.9 Å². The molecule has 3 heterocycles. The second kappa shape index (κ2) is 9.14. The van der Waals surface area contributed by atoms with E-state index < -0.39 is 40.6 Å². The molecule has 0 atom stereocenters. The van der Waals surface area contributed by atoms with Crippen molar-refractivity contribution < 1.29 is 27.2 Å². The van der Waals surface area contributed by atoms with E-state index in [0.717, 1.165) is 17.2 Å². The van der Waals surface area contributed by atoms with Gasteiger partial charge in [-0.3, -0.25) is 19.5 Å². The van der Waals surface area contributed by atoms with Crippen LogP contribution in [-0.2, 0) is 11.0 Å². The van der Waals surface area contributed by atoms with Gasteiger partial charge in [0.1, 0.15) is 17.4 Å². The first-order valence-corrected chi connectivity index (χ1v) is 11.6. The fourth-order valence-electron chi connectivity index (χ4n) is 4.55. The van der Waals surface area contributed by atoms with Crippen LogP contribution in [0, 0.1) is 17.1 Å². The molecule has 1 N–H and O–H groups in total. The molecule has 1 aromatic carbocycles. The lowest BCUT2D eigenvalue weighted by Gasteiger charge is -2.43. The van der Waals surface area contributed by atoms with E-state index in [1.54, 1.807) is 12.1 Å². The molecule has 192 valence electrons. The molecule has 8 nitrogen and oxygen atoms in total. The Kier molecular flexibility index (Phi) is 6.07. The van der Waals surface area contributed by atoms with Crippen LogP contribution in [0.15, 0.2) is 55.0 Å². The third-order valence-corrected chi connectivity index (χ3v) is 6.88. The molecule has 1 aliphatic carbocycles. The third kappa shape index (κ3) is 4.03. The van der Waals surface area contributed by atoms with Crippen molar-refractivity contribution in [3.63, 3.8) is 0 Å². The molecular weight excluding hydrogens is 524 g/mol. The molecule has 0 radical (unpaired) electrons. The second-order valence-corrected chi connectivity index (χ2v) is 9.07. The molecule has 2 aliphatic rings. The van der Waals surface area contributed by atoms with Gasteiger partial charge in [0.2, 0.25) is 0 Å². The van der Waals surface area contributed by atoms with Gasteiger partial charge in [-0.25, -0.2) is 9.37 Å². The van der Waals surface area contributed by atoms with Crippen LogP contribution >= 0.6 is 12.2 Å². The van der Waals surface area contributed by atoms with E-state index in [1.165, 1.54) is 35.5 Å². The Labute approximate surface area is 218 Å². The van der Waals surface area contributed by atoms with E-state index in [0.29, 0.717) is 31.0 Å². The highest BCUT2D eigenvalue weighted by Gasteiger charge is 2.60. The average molecular weight is 541 g/mol. The standard InChI is InChI=1S/C25H16F4N6O2S/c26-19-10-15(4-5-17(19)21(36)33-14-3-1-8-31-12-14)35-23(38)34(22(37)24(35)6-2-7-24)16-9-18(25(27,28)29)20(11-30)32-13-16/h1,3-5,8-10,12-13H,2,6-7H2,(H,33,36). The normalized spacial score (nSPS) is 16.4. The SMILES string of the molecule is N#Cc1ncc(N2C(=O)C3(CCC3)N(c3ccc(C(=O)Nc4cccnc4)c(F)c3)C2=S)cc1C(F)(F)F. The maximum Gasteiger partial charge on any atom is 0.419 e. The van der Waals surface area contributed by atoms with Crippen molar-refractivity contribution in [2.75, 3.05) is 15.1 Å². The summed E-state index contributed by atoms with van der Waals surface area (Å²) >= 11 is 5.51. The molecule has 1 spiro atoms. The molecule has 1 aliphatic heterocycles. The van der Waals surface area contributed by atoms with Crippen molar-refractivity contribution in [3.8, 4) is 6.07 Å². The quantitative estimate of drug-likeness (QED) is 0.374. The number of rotatable bonds is 4. The molecule has 2 aromatic heterocycles. The minimum absolute atomic E-state index is 0.165. The van der Waals surface area contributed by atoms with Crippen LogP contribution in [0.1, 0.15) is 40.9 Å². The van der Waals surface area contributed by atoms with Crippen molar-refractivity contribution in [2.45, 2.75) is 31.0 Å².